The number of nitrogens with two attached hydrogens (primary N) is 1. The Balaban J connectivity index is 2.46. The number of rotatable bonds is 9. The smallest absolute Gasteiger partial charge is 0.237 e. The Bertz CT molecular complexity index is 449. The molecule has 118 valence electrons. The number of nitrogens with one attached hydrogen (secondary N) is 1. The molecule has 21 heavy (non-hydrogen) atoms. The van der Waals surface area contributed by atoms with Crippen LogP contribution in [0.5, 0.6) is 0 Å². The number of benzene rings is 1. The molecular formula is C16H26FN3O. The van der Waals surface area contributed by atoms with Gasteiger partial charge in [0.2, 0.25) is 5.91 Å². The molecule has 1 amide bonds. The number of carbonyl (C=O) groups excluding carboxylic acids is 1. The first-order valence-corrected chi connectivity index (χ1v) is 7.42. The number of likely N-dealkylation sites (N-methyl/N-ethyl adjacent to an activating group) is 1. The predicted molar refractivity (Wildman–Crippen MR) is 84.8 cm³/mol. The van der Waals surface area contributed by atoms with E-state index in [-0.39, 0.29) is 11.7 Å². The average Bonchev–Trinajstić information content (AvgIpc) is 2.48. The summed E-state index contributed by atoms with van der Waals surface area (Å²) in [5.74, 6) is -0.545. The lowest BCUT2D eigenvalue weighted by Crippen LogP contribution is -2.51. The minimum atomic E-state index is -0.646. The van der Waals surface area contributed by atoms with Gasteiger partial charge in [0, 0.05) is 18.8 Å². The molecule has 0 heterocycles. The van der Waals surface area contributed by atoms with Gasteiger partial charge in [-0.1, -0.05) is 0 Å². The van der Waals surface area contributed by atoms with E-state index < -0.39 is 5.54 Å². The summed E-state index contributed by atoms with van der Waals surface area (Å²) in [6.45, 7) is 5.64. The maximum atomic E-state index is 12.9. The van der Waals surface area contributed by atoms with Crippen molar-refractivity contribution in [3.63, 3.8) is 0 Å². The number of carbonyl (C=O) groups is 1. The van der Waals surface area contributed by atoms with Gasteiger partial charge < -0.3 is 16.0 Å². The van der Waals surface area contributed by atoms with Crippen molar-refractivity contribution in [3.05, 3.63) is 30.1 Å². The molecule has 4 nitrogen and oxygen atoms in total. The van der Waals surface area contributed by atoms with E-state index in [1.165, 1.54) is 12.1 Å². The summed E-state index contributed by atoms with van der Waals surface area (Å²) in [5.41, 5.74) is 5.78. The Morgan fingerprint density at radius 2 is 1.95 bits per heavy atom. The lowest BCUT2D eigenvalue weighted by molar-refractivity contribution is -0.123. The largest absolute Gasteiger partial charge is 0.372 e. The molecule has 0 spiro atoms. The molecule has 1 aromatic rings. The van der Waals surface area contributed by atoms with E-state index >= 15 is 0 Å². The summed E-state index contributed by atoms with van der Waals surface area (Å²) in [4.78, 5) is 13.6. The highest BCUT2D eigenvalue weighted by molar-refractivity contribution is 5.84. The third kappa shape index (κ3) is 5.01. The van der Waals surface area contributed by atoms with Crippen LogP contribution in [0.1, 0.15) is 33.1 Å². The van der Waals surface area contributed by atoms with Gasteiger partial charge in [0.25, 0.3) is 0 Å². The van der Waals surface area contributed by atoms with Gasteiger partial charge in [-0.05, 0) is 64.4 Å². The molecule has 3 N–H and O–H groups in total. The second-order valence-corrected chi connectivity index (χ2v) is 5.46. The van der Waals surface area contributed by atoms with E-state index in [2.05, 4.69) is 17.1 Å². The Morgan fingerprint density at radius 1 is 1.33 bits per heavy atom. The third-order valence-electron chi connectivity index (χ3n) is 4.02. The van der Waals surface area contributed by atoms with Crippen LogP contribution in [0.3, 0.4) is 0 Å². The number of halogens is 1. The molecule has 0 radical (unpaired) electrons. The maximum Gasteiger partial charge on any atom is 0.237 e. The van der Waals surface area contributed by atoms with Gasteiger partial charge in [0.15, 0.2) is 0 Å². The van der Waals surface area contributed by atoms with Crippen LogP contribution in [0.25, 0.3) is 0 Å². The van der Waals surface area contributed by atoms with Crippen LogP contribution in [-0.2, 0) is 4.79 Å². The average molecular weight is 295 g/mol. The normalized spacial score (nSPS) is 13.7. The quantitative estimate of drug-likeness (QED) is 0.687. The van der Waals surface area contributed by atoms with E-state index in [1.807, 2.05) is 6.92 Å². The van der Waals surface area contributed by atoms with E-state index in [1.54, 1.807) is 19.2 Å². The first kappa shape index (κ1) is 17.4. The Morgan fingerprint density at radius 3 is 2.43 bits per heavy atom. The zero-order valence-corrected chi connectivity index (χ0v) is 13.2. The van der Waals surface area contributed by atoms with Gasteiger partial charge in [-0.15, -0.1) is 0 Å². The molecule has 0 fully saturated rings. The first-order valence-electron chi connectivity index (χ1n) is 7.42. The number of primary amides is 1. The molecule has 1 rings (SSSR count). The number of amides is 1. The Labute approximate surface area is 126 Å². The topological polar surface area (TPSA) is 58.4 Å². The summed E-state index contributed by atoms with van der Waals surface area (Å²) in [6, 6.07) is 6.53. The van der Waals surface area contributed by atoms with Crippen LogP contribution in [0.15, 0.2) is 24.3 Å². The van der Waals surface area contributed by atoms with Gasteiger partial charge in [-0.3, -0.25) is 4.79 Å². The van der Waals surface area contributed by atoms with Gasteiger partial charge >= 0.3 is 0 Å². The molecule has 0 saturated carbocycles. The highest BCUT2D eigenvalue weighted by Crippen LogP contribution is 2.17. The molecule has 0 aliphatic rings. The van der Waals surface area contributed by atoms with Gasteiger partial charge in [-0.2, -0.15) is 0 Å². The monoisotopic (exact) mass is 295 g/mol. The lowest BCUT2D eigenvalue weighted by atomic mass is 9.94. The fourth-order valence-corrected chi connectivity index (χ4v) is 2.27. The van der Waals surface area contributed by atoms with Gasteiger partial charge in [0.05, 0.1) is 5.54 Å². The molecule has 0 aromatic heterocycles. The molecule has 0 aliphatic carbocycles. The standard InChI is InChI=1S/C16H26FN3O/c1-4-20(14-9-7-13(17)8-10-14)12-6-5-11-16(2,19-3)15(18)21/h7-10,19H,4-6,11-12H2,1-3H3,(H2,18,21). The third-order valence-corrected chi connectivity index (χ3v) is 4.02. The number of nitrogens with zero attached hydrogens (tertiary/aromatic N) is 1. The summed E-state index contributed by atoms with van der Waals surface area (Å²) >= 11 is 0. The summed E-state index contributed by atoms with van der Waals surface area (Å²) in [6.07, 6.45) is 2.56. The van der Waals surface area contributed by atoms with E-state index in [0.717, 1.165) is 31.6 Å². The van der Waals surface area contributed by atoms with Crippen molar-refractivity contribution in [2.75, 3.05) is 25.0 Å². The number of anilines is 1. The summed E-state index contributed by atoms with van der Waals surface area (Å²) < 4.78 is 12.9. The fraction of sp³-hybridized carbons (Fsp3) is 0.562. The minimum absolute atomic E-state index is 0.221. The van der Waals surface area contributed by atoms with E-state index in [9.17, 15) is 9.18 Å². The van der Waals surface area contributed by atoms with Crippen LogP contribution in [0.4, 0.5) is 10.1 Å². The summed E-state index contributed by atoms with van der Waals surface area (Å²) in [7, 11) is 1.75. The van der Waals surface area contributed by atoms with Crippen molar-refractivity contribution < 1.29 is 9.18 Å². The van der Waals surface area contributed by atoms with Crippen molar-refractivity contribution >= 4 is 11.6 Å². The Hall–Kier alpha value is -1.62. The van der Waals surface area contributed by atoms with E-state index in [0.29, 0.717) is 6.42 Å². The van der Waals surface area contributed by atoms with Crippen LogP contribution < -0.4 is 16.0 Å². The van der Waals surface area contributed by atoms with Crippen LogP contribution in [0.2, 0.25) is 0 Å². The van der Waals surface area contributed by atoms with Crippen LogP contribution in [-0.4, -0.2) is 31.6 Å². The van der Waals surface area contributed by atoms with Crippen molar-refractivity contribution in [1.82, 2.24) is 5.32 Å². The van der Waals surface area contributed by atoms with Crippen LogP contribution >= 0.6 is 0 Å². The predicted octanol–water partition coefficient (Wildman–Crippen LogP) is 2.29. The molecule has 0 aliphatic heterocycles. The molecule has 5 heteroatoms. The van der Waals surface area contributed by atoms with Crippen molar-refractivity contribution in [2.24, 2.45) is 5.73 Å². The highest BCUT2D eigenvalue weighted by Gasteiger charge is 2.27. The Kier molecular flexibility index (Phi) is 6.62. The van der Waals surface area contributed by atoms with Gasteiger partial charge in [0.1, 0.15) is 5.82 Å². The lowest BCUT2D eigenvalue weighted by Gasteiger charge is -2.27. The SMILES string of the molecule is CCN(CCCCC(C)(NC)C(N)=O)c1ccc(F)cc1. The molecule has 1 unspecified atom stereocenters. The van der Waals surface area contributed by atoms with Crippen molar-refractivity contribution in [3.8, 4) is 0 Å². The summed E-state index contributed by atoms with van der Waals surface area (Å²) in [5, 5.41) is 2.99. The van der Waals surface area contributed by atoms with Crippen molar-refractivity contribution in [2.45, 2.75) is 38.6 Å². The molecular weight excluding hydrogens is 269 g/mol. The highest BCUT2D eigenvalue weighted by atomic mass is 19.1. The molecule has 1 aromatic carbocycles. The van der Waals surface area contributed by atoms with Crippen LogP contribution in [0, 0.1) is 5.82 Å². The van der Waals surface area contributed by atoms with Gasteiger partial charge in [-0.25, -0.2) is 4.39 Å². The number of hydrogen-bond acceptors (Lipinski definition) is 3. The number of hydrogen-bond donors (Lipinski definition) is 2. The second-order valence-electron chi connectivity index (χ2n) is 5.46. The van der Waals surface area contributed by atoms with E-state index in [4.69, 9.17) is 5.73 Å². The molecule has 0 bridgehead atoms. The van der Waals surface area contributed by atoms with Crippen molar-refractivity contribution in [1.29, 1.82) is 0 Å². The fourth-order valence-electron chi connectivity index (χ4n) is 2.27. The second kappa shape index (κ2) is 7.98. The maximum absolute atomic E-state index is 12.9. The number of unbranched alkanes of at least 4 members (excludes halogenated alkanes) is 1. The first-order chi connectivity index (χ1) is 9.92. The zero-order chi connectivity index (χ0) is 15.9. The molecule has 1 atom stereocenters. The molecule has 0 saturated heterocycles. The zero-order valence-electron chi connectivity index (χ0n) is 13.2. The minimum Gasteiger partial charge on any atom is -0.372 e.